The van der Waals surface area contributed by atoms with Crippen LogP contribution in [0.2, 0.25) is 0 Å². The third-order valence-corrected chi connectivity index (χ3v) is 11.1. The van der Waals surface area contributed by atoms with Crippen molar-refractivity contribution in [3.05, 3.63) is 168 Å². The minimum absolute atomic E-state index is 0.0197. The molecular formula is C51H43N3. The van der Waals surface area contributed by atoms with Crippen molar-refractivity contribution in [1.82, 2.24) is 9.13 Å². The third kappa shape index (κ3) is 5.41. The van der Waals surface area contributed by atoms with Crippen LogP contribution in [0, 0.1) is 11.3 Å². The maximum atomic E-state index is 10.5. The van der Waals surface area contributed by atoms with Crippen LogP contribution in [0.4, 0.5) is 0 Å². The molecule has 0 amide bonds. The molecule has 0 radical (unpaired) electrons. The summed E-state index contributed by atoms with van der Waals surface area (Å²) in [7, 11) is 0. The van der Waals surface area contributed by atoms with E-state index in [1.165, 1.54) is 43.7 Å². The van der Waals surface area contributed by atoms with E-state index >= 15 is 0 Å². The van der Waals surface area contributed by atoms with Gasteiger partial charge in [-0.2, -0.15) is 5.26 Å². The van der Waals surface area contributed by atoms with Crippen LogP contribution in [0.25, 0.3) is 77.2 Å². The van der Waals surface area contributed by atoms with Crippen molar-refractivity contribution >= 4 is 43.6 Å². The molecule has 0 aliphatic rings. The largest absolute Gasteiger partial charge is 0.309 e. The fraction of sp³-hybridized carbons (Fsp3) is 0.157. The average molecular weight is 698 g/mol. The van der Waals surface area contributed by atoms with Gasteiger partial charge in [0.25, 0.3) is 0 Å². The molecule has 9 aromatic rings. The molecule has 0 spiro atoms. The lowest BCUT2D eigenvalue weighted by molar-refractivity contribution is 0.590. The Kier molecular flexibility index (Phi) is 7.66. The SMILES string of the molecule is CC(C)(C)c1ccc2c(c1)c1cc(C(C)(C)C)ccc1n2-c1ccccc1-c1cc(C#N)cc(-c2ccccc2-n2c3ccccc3c3ccccc32)c1. The van der Waals surface area contributed by atoms with Gasteiger partial charge in [0.1, 0.15) is 0 Å². The summed E-state index contributed by atoms with van der Waals surface area (Å²) in [4.78, 5) is 0. The first-order chi connectivity index (χ1) is 26.0. The summed E-state index contributed by atoms with van der Waals surface area (Å²) in [6.45, 7) is 13.7. The van der Waals surface area contributed by atoms with Gasteiger partial charge in [0.2, 0.25) is 0 Å². The predicted molar refractivity (Wildman–Crippen MR) is 228 cm³/mol. The van der Waals surface area contributed by atoms with Crippen LogP contribution in [0.5, 0.6) is 0 Å². The number of benzene rings is 7. The number of aromatic nitrogens is 2. The van der Waals surface area contributed by atoms with Gasteiger partial charge in [-0.25, -0.2) is 0 Å². The minimum atomic E-state index is 0.0197. The highest BCUT2D eigenvalue weighted by Gasteiger charge is 2.23. The molecule has 0 N–H and O–H groups in total. The molecule has 3 nitrogen and oxygen atoms in total. The van der Waals surface area contributed by atoms with Crippen molar-refractivity contribution in [2.75, 3.05) is 0 Å². The van der Waals surface area contributed by atoms with Crippen LogP contribution < -0.4 is 0 Å². The molecule has 0 atom stereocenters. The number of rotatable bonds is 4. The van der Waals surface area contributed by atoms with Crippen molar-refractivity contribution in [1.29, 1.82) is 5.26 Å². The summed E-state index contributed by atoms with van der Waals surface area (Å²) >= 11 is 0. The van der Waals surface area contributed by atoms with E-state index in [0.29, 0.717) is 5.56 Å². The zero-order valence-electron chi connectivity index (χ0n) is 31.8. The molecule has 0 fully saturated rings. The molecule has 3 heteroatoms. The summed E-state index contributed by atoms with van der Waals surface area (Å²) < 4.78 is 4.78. The Morgan fingerprint density at radius 3 is 1.22 bits per heavy atom. The standard InChI is InChI=1S/C51H43N3/c1-50(2,3)36-23-25-48-42(30-36)43-31-37(51(4,5)6)24-26-49(43)54(48)45-20-12-8-16-39(45)35-28-33(32-52)27-34(29-35)38-15-7-11-19-44(38)53-46-21-13-9-17-40(46)41-18-10-14-22-47(41)53/h7-31H,1-6H3. The Morgan fingerprint density at radius 2 is 0.796 bits per heavy atom. The summed E-state index contributed by atoms with van der Waals surface area (Å²) in [5.41, 5.74) is 14.3. The monoisotopic (exact) mass is 697 g/mol. The third-order valence-electron chi connectivity index (χ3n) is 11.1. The lowest BCUT2D eigenvalue weighted by Crippen LogP contribution is -2.10. The lowest BCUT2D eigenvalue weighted by Gasteiger charge is -2.19. The smallest absolute Gasteiger partial charge is 0.0992 e. The van der Waals surface area contributed by atoms with Crippen LogP contribution in [0.1, 0.15) is 58.2 Å². The Balaban J connectivity index is 1.28. The van der Waals surface area contributed by atoms with Gasteiger partial charge in [-0.1, -0.05) is 126 Å². The summed E-state index contributed by atoms with van der Waals surface area (Å²) in [6.07, 6.45) is 0. The Hall–Kier alpha value is -6.37. The molecule has 2 heterocycles. The fourth-order valence-electron chi connectivity index (χ4n) is 8.23. The second-order valence-corrected chi connectivity index (χ2v) is 16.6. The van der Waals surface area contributed by atoms with E-state index in [1.54, 1.807) is 0 Å². The molecule has 54 heavy (non-hydrogen) atoms. The van der Waals surface area contributed by atoms with E-state index in [4.69, 9.17) is 0 Å². The molecule has 0 saturated carbocycles. The molecule has 0 aliphatic carbocycles. The van der Waals surface area contributed by atoms with Gasteiger partial charge in [0, 0.05) is 32.7 Å². The number of nitriles is 1. The molecule has 2 aromatic heterocycles. The topological polar surface area (TPSA) is 33.6 Å². The number of fused-ring (bicyclic) bond motifs is 6. The van der Waals surface area contributed by atoms with Crippen LogP contribution in [-0.4, -0.2) is 9.13 Å². The number of hydrogen-bond donors (Lipinski definition) is 0. The minimum Gasteiger partial charge on any atom is -0.309 e. The van der Waals surface area contributed by atoms with Crippen molar-refractivity contribution in [3.8, 4) is 39.7 Å². The molecule has 0 saturated heterocycles. The molecule has 0 aliphatic heterocycles. The molecule has 0 unspecified atom stereocenters. The van der Waals surface area contributed by atoms with Gasteiger partial charge in [0.05, 0.1) is 45.1 Å². The van der Waals surface area contributed by atoms with Crippen molar-refractivity contribution < 1.29 is 0 Å². The van der Waals surface area contributed by atoms with Gasteiger partial charge in [-0.05, 0) is 99.8 Å². The zero-order valence-corrected chi connectivity index (χ0v) is 31.8. The highest BCUT2D eigenvalue weighted by Crippen LogP contribution is 2.42. The van der Waals surface area contributed by atoms with Gasteiger partial charge in [-0.3, -0.25) is 0 Å². The van der Waals surface area contributed by atoms with Crippen molar-refractivity contribution in [2.45, 2.75) is 52.4 Å². The average Bonchev–Trinajstić information content (AvgIpc) is 3.69. The number of para-hydroxylation sites is 4. The normalized spacial score (nSPS) is 12.2. The molecule has 9 rings (SSSR count). The number of hydrogen-bond acceptors (Lipinski definition) is 1. The maximum Gasteiger partial charge on any atom is 0.0992 e. The predicted octanol–water partition coefficient (Wildman–Crippen LogP) is 13.7. The Labute approximate surface area is 317 Å². The van der Waals surface area contributed by atoms with E-state index in [9.17, 15) is 5.26 Å². The van der Waals surface area contributed by atoms with Crippen LogP contribution in [0.15, 0.2) is 152 Å². The zero-order chi connectivity index (χ0) is 37.4. The maximum absolute atomic E-state index is 10.5. The van der Waals surface area contributed by atoms with Gasteiger partial charge < -0.3 is 9.13 Å². The van der Waals surface area contributed by atoms with Crippen molar-refractivity contribution in [2.24, 2.45) is 0 Å². The quantitative estimate of drug-likeness (QED) is 0.180. The first-order valence-corrected chi connectivity index (χ1v) is 18.8. The first-order valence-electron chi connectivity index (χ1n) is 18.8. The fourth-order valence-corrected chi connectivity index (χ4v) is 8.23. The van der Waals surface area contributed by atoms with Gasteiger partial charge in [-0.15, -0.1) is 0 Å². The number of nitrogens with zero attached hydrogens (tertiary/aromatic N) is 3. The molecule has 7 aromatic carbocycles. The van der Waals surface area contributed by atoms with Crippen LogP contribution >= 0.6 is 0 Å². The summed E-state index contributed by atoms with van der Waals surface area (Å²) in [5.74, 6) is 0. The van der Waals surface area contributed by atoms with E-state index in [1.807, 2.05) is 12.1 Å². The second-order valence-electron chi connectivity index (χ2n) is 16.6. The van der Waals surface area contributed by atoms with E-state index in [2.05, 4.69) is 196 Å². The molecular weight excluding hydrogens is 655 g/mol. The molecule has 0 bridgehead atoms. The molecule has 262 valence electrons. The van der Waals surface area contributed by atoms with E-state index in [0.717, 1.165) is 44.7 Å². The Bertz CT molecular complexity index is 2840. The summed E-state index contributed by atoms with van der Waals surface area (Å²) in [6, 6.07) is 57.2. The van der Waals surface area contributed by atoms with E-state index in [-0.39, 0.29) is 10.8 Å². The Morgan fingerprint density at radius 1 is 0.407 bits per heavy atom. The van der Waals surface area contributed by atoms with Gasteiger partial charge in [0.15, 0.2) is 0 Å². The lowest BCUT2D eigenvalue weighted by atomic mass is 9.85. The van der Waals surface area contributed by atoms with E-state index < -0.39 is 0 Å². The highest BCUT2D eigenvalue weighted by molar-refractivity contribution is 6.11. The highest BCUT2D eigenvalue weighted by atomic mass is 15.0. The van der Waals surface area contributed by atoms with Crippen LogP contribution in [-0.2, 0) is 10.8 Å². The summed E-state index contributed by atoms with van der Waals surface area (Å²) in [5, 5.41) is 15.4. The first kappa shape index (κ1) is 33.5. The van der Waals surface area contributed by atoms with Crippen LogP contribution in [0.3, 0.4) is 0 Å². The second kappa shape index (κ2) is 12.4. The van der Waals surface area contributed by atoms with Gasteiger partial charge >= 0.3 is 0 Å². The van der Waals surface area contributed by atoms with Crippen molar-refractivity contribution in [3.63, 3.8) is 0 Å².